The van der Waals surface area contributed by atoms with Gasteiger partial charge in [-0.25, -0.2) is 8.78 Å². The fourth-order valence-electron chi connectivity index (χ4n) is 2.23. The van der Waals surface area contributed by atoms with Gasteiger partial charge in [0.2, 0.25) is 0 Å². The predicted octanol–water partition coefficient (Wildman–Crippen LogP) is 4.48. The second-order valence-electron chi connectivity index (χ2n) is 5.61. The Labute approximate surface area is 174 Å². The minimum Gasteiger partial charge on any atom is -0.488 e. The van der Waals surface area contributed by atoms with Crippen LogP contribution in [0.15, 0.2) is 46.1 Å². The molecule has 26 heavy (non-hydrogen) atoms. The molecule has 4 nitrogen and oxygen atoms in total. The first-order chi connectivity index (χ1) is 12.1. The monoisotopic (exact) mass is 495 g/mol. The topological polar surface area (TPSA) is 45.7 Å². The quantitative estimate of drug-likeness (QED) is 0.323. The first kappa shape index (κ1) is 22.6. The molecule has 0 bridgehead atoms. The van der Waals surface area contributed by atoms with E-state index in [-0.39, 0.29) is 24.0 Å². The highest BCUT2D eigenvalue weighted by atomic mass is 127. The Bertz CT molecular complexity index is 668. The molecule has 0 aliphatic heterocycles. The molecule has 0 aliphatic carbocycles. The molecule has 0 fully saturated rings. The Kier molecular flexibility index (Phi) is 10.5. The molecular formula is C18H24F2IN3OS. The number of alkyl halides is 2. The maximum atomic E-state index is 12.2. The van der Waals surface area contributed by atoms with Crippen molar-refractivity contribution in [3.05, 3.63) is 52.2 Å². The van der Waals surface area contributed by atoms with Crippen LogP contribution < -0.4 is 15.4 Å². The van der Waals surface area contributed by atoms with Gasteiger partial charge in [0.1, 0.15) is 12.4 Å². The van der Waals surface area contributed by atoms with Crippen LogP contribution in [-0.2, 0) is 6.54 Å². The average molecular weight is 495 g/mol. The summed E-state index contributed by atoms with van der Waals surface area (Å²) in [6.07, 6.45) is -2.48. The standard InChI is InChI=1S/C18H23F2N3OS.HI/c1-13(15-6-7-25-12-15)9-22-18(21-2)23-10-14-4-3-5-16(8-14)24-11-17(19)20;/h3-8,12-13,17H,9-11H2,1-2H3,(H2,21,22,23);1H. The summed E-state index contributed by atoms with van der Waals surface area (Å²) in [4.78, 5) is 4.20. The lowest BCUT2D eigenvalue weighted by Crippen LogP contribution is -2.38. The number of ether oxygens (including phenoxy) is 1. The molecule has 8 heteroatoms. The number of rotatable bonds is 8. The molecule has 1 heterocycles. The summed E-state index contributed by atoms with van der Waals surface area (Å²) >= 11 is 1.69. The summed E-state index contributed by atoms with van der Waals surface area (Å²) < 4.78 is 29.5. The SMILES string of the molecule is CN=C(NCc1cccc(OCC(F)F)c1)NCC(C)c1ccsc1.I. The maximum absolute atomic E-state index is 12.2. The van der Waals surface area contributed by atoms with Crippen molar-refractivity contribution in [2.24, 2.45) is 4.99 Å². The number of hydrogen-bond donors (Lipinski definition) is 2. The van der Waals surface area contributed by atoms with E-state index >= 15 is 0 Å². The lowest BCUT2D eigenvalue weighted by atomic mass is 10.1. The van der Waals surface area contributed by atoms with Crippen molar-refractivity contribution in [3.8, 4) is 5.75 Å². The highest BCUT2D eigenvalue weighted by Gasteiger charge is 2.07. The zero-order valence-electron chi connectivity index (χ0n) is 14.7. The van der Waals surface area contributed by atoms with Crippen molar-refractivity contribution in [1.29, 1.82) is 0 Å². The van der Waals surface area contributed by atoms with E-state index in [0.29, 0.717) is 24.2 Å². The van der Waals surface area contributed by atoms with Gasteiger partial charge in [-0.1, -0.05) is 19.1 Å². The molecule has 1 aromatic carbocycles. The highest BCUT2D eigenvalue weighted by Crippen LogP contribution is 2.17. The lowest BCUT2D eigenvalue weighted by Gasteiger charge is -2.16. The fraction of sp³-hybridized carbons (Fsp3) is 0.389. The summed E-state index contributed by atoms with van der Waals surface area (Å²) in [6, 6.07) is 9.23. The first-order valence-corrected chi connectivity index (χ1v) is 8.99. The second-order valence-corrected chi connectivity index (χ2v) is 6.39. The number of halogens is 3. The van der Waals surface area contributed by atoms with Gasteiger partial charge in [0.05, 0.1) is 0 Å². The summed E-state index contributed by atoms with van der Waals surface area (Å²) in [5, 5.41) is 10.7. The van der Waals surface area contributed by atoms with E-state index in [1.807, 2.05) is 6.07 Å². The van der Waals surface area contributed by atoms with E-state index in [2.05, 4.69) is 39.4 Å². The largest absolute Gasteiger partial charge is 0.488 e. The zero-order valence-corrected chi connectivity index (χ0v) is 17.9. The molecule has 2 N–H and O–H groups in total. The van der Waals surface area contributed by atoms with Crippen LogP contribution >= 0.6 is 35.3 Å². The van der Waals surface area contributed by atoms with Crippen LogP contribution in [0.5, 0.6) is 5.75 Å². The Morgan fingerprint density at radius 3 is 2.73 bits per heavy atom. The van der Waals surface area contributed by atoms with Crippen LogP contribution in [0.4, 0.5) is 8.78 Å². The minimum absolute atomic E-state index is 0. The van der Waals surface area contributed by atoms with Crippen molar-refractivity contribution in [1.82, 2.24) is 10.6 Å². The smallest absolute Gasteiger partial charge is 0.272 e. The number of hydrogen-bond acceptors (Lipinski definition) is 3. The Balaban J connectivity index is 0.00000338. The maximum Gasteiger partial charge on any atom is 0.272 e. The Morgan fingerprint density at radius 2 is 2.08 bits per heavy atom. The van der Waals surface area contributed by atoms with Crippen LogP contribution in [-0.4, -0.2) is 32.6 Å². The van der Waals surface area contributed by atoms with Crippen molar-refractivity contribution in [2.75, 3.05) is 20.2 Å². The minimum atomic E-state index is -2.48. The number of nitrogens with one attached hydrogen (secondary N) is 2. The van der Waals surface area contributed by atoms with Gasteiger partial charge in [0.15, 0.2) is 5.96 Å². The van der Waals surface area contributed by atoms with E-state index in [0.717, 1.165) is 12.1 Å². The van der Waals surface area contributed by atoms with Crippen LogP contribution in [0.1, 0.15) is 24.0 Å². The molecule has 0 saturated heterocycles. The van der Waals surface area contributed by atoms with E-state index < -0.39 is 13.0 Å². The highest BCUT2D eigenvalue weighted by molar-refractivity contribution is 14.0. The van der Waals surface area contributed by atoms with E-state index in [9.17, 15) is 8.78 Å². The summed E-state index contributed by atoms with van der Waals surface area (Å²) in [7, 11) is 1.72. The molecule has 144 valence electrons. The third kappa shape index (κ3) is 7.86. The number of thiophene rings is 1. The molecule has 0 saturated carbocycles. The van der Waals surface area contributed by atoms with Crippen LogP contribution in [0, 0.1) is 0 Å². The second kappa shape index (κ2) is 12.1. The van der Waals surface area contributed by atoms with E-state index in [1.165, 1.54) is 5.56 Å². The Morgan fingerprint density at radius 1 is 1.27 bits per heavy atom. The van der Waals surface area contributed by atoms with E-state index in [4.69, 9.17) is 4.74 Å². The van der Waals surface area contributed by atoms with Crippen LogP contribution in [0.3, 0.4) is 0 Å². The van der Waals surface area contributed by atoms with Gasteiger partial charge in [-0.05, 0) is 46.0 Å². The van der Waals surface area contributed by atoms with Gasteiger partial charge in [0.25, 0.3) is 6.43 Å². The summed E-state index contributed by atoms with van der Waals surface area (Å²) in [5.41, 5.74) is 2.23. The third-order valence-electron chi connectivity index (χ3n) is 3.65. The van der Waals surface area contributed by atoms with Gasteiger partial charge in [-0.3, -0.25) is 4.99 Å². The van der Waals surface area contributed by atoms with Crippen molar-refractivity contribution < 1.29 is 13.5 Å². The predicted molar refractivity (Wildman–Crippen MR) is 114 cm³/mol. The van der Waals surface area contributed by atoms with Gasteiger partial charge in [-0.15, -0.1) is 24.0 Å². The van der Waals surface area contributed by atoms with E-state index in [1.54, 1.807) is 36.6 Å². The van der Waals surface area contributed by atoms with Gasteiger partial charge >= 0.3 is 0 Å². The van der Waals surface area contributed by atoms with Gasteiger partial charge in [0, 0.05) is 20.1 Å². The number of guanidine groups is 1. The summed E-state index contributed by atoms with van der Waals surface area (Å²) in [6.45, 7) is 2.86. The third-order valence-corrected chi connectivity index (χ3v) is 4.35. The molecule has 0 radical (unpaired) electrons. The molecule has 0 spiro atoms. The lowest BCUT2D eigenvalue weighted by molar-refractivity contribution is 0.0818. The Hall–Kier alpha value is -1.42. The van der Waals surface area contributed by atoms with Crippen molar-refractivity contribution >= 4 is 41.3 Å². The van der Waals surface area contributed by atoms with Crippen LogP contribution in [0.25, 0.3) is 0 Å². The molecule has 1 unspecified atom stereocenters. The normalized spacial score (nSPS) is 12.4. The average Bonchev–Trinajstić information content (AvgIpc) is 3.15. The number of nitrogens with zero attached hydrogens (tertiary/aromatic N) is 1. The molecule has 0 aliphatic rings. The summed E-state index contributed by atoms with van der Waals surface area (Å²) in [5.74, 6) is 1.52. The molecule has 2 aromatic rings. The molecule has 1 atom stereocenters. The zero-order chi connectivity index (χ0) is 18.1. The van der Waals surface area contributed by atoms with Gasteiger partial charge < -0.3 is 15.4 Å². The number of benzene rings is 1. The van der Waals surface area contributed by atoms with Crippen molar-refractivity contribution in [2.45, 2.75) is 25.8 Å². The number of aliphatic imine (C=N–C) groups is 1. The van der Waals surface area contributed by atoms with Gasteiger partial charge in [-0.2, -0.15) is 11.3 Å². The van der Waals surface area contributed by atoms with Crippen LogP contribution in [0.2, 0.25) is 0 Å². The molecule has 1 aromatic heterocycles. The molecule has 2 rings (SSSR count). The first-order valence-electron chi connectivity index (χ1n) is 8.05. The van der Waals surface area contributed by atoms with Crippen molar-refractivity contribution in [3.63, 3.8) is 0 Å². The molecular weight excluding hydrogens is 471 g/mol. The fourth-order valence-corrected chi connectivity index (χ4v) is 3.02. The molecule has 0 amide bonds.